The molecule has 0 saturated heterocycles. The van der Waals surface area contributed by atoms with Crippen LogP contribution in [0, 0.1) is 0 Å². The molecule has 0 aliphatic carbocycles. The maximum Gasteiger partial charge on any atom is 0.389 e. The minimum absolute atomic E-state index is 0.0465. The molecule has 1 heterocycles. The summed E-state index contributed by atoms with van der Waals surface area (Å²) in [5, 5.41) is 4.00. The first-order chi connectivity index (χ1) is 16.4. The number of alkyl halides is 3. The summed E-state index contributed by atoms with van der Waals surface area (Å²) in [7, 11) is 2.68. The van der Waals surface area contributed by atoms with Gasteiger partial charge < -0.3 is 14.4 Å². The zero-order valence-corrected chi connectivity index (χ0v) is 20.3. The average molecular weight is 501 g/mol. The lowest BCUT2D eigenvalue weighted by Gasteiger charge is -2.24. The van der Waals surface area contributed by atoms with E-state index in [0.717, 1.165) is 14.8 Å². The number of nitrogens with zero attached hydrogens (tertiary/aromatic N) is 4. The van der Waals surface area contributed by atoms with Gasteiger partial charge in [0.2, 0.25) is 5.82 Å². The van der Waals surface area contributed by atoms with Crippen molar-refractivity contribution in [2.75, 3.05) is 24.6 Å². The van der Waals surface area contributed by atoms with Gasteiger partial charge in [0, 0.05) is 40.0 Å². The van der Waals surface area contributed by atoms with Gasteiger partial charge in [-0.25, -0.2) is 9.48 Å². The van der Waals surface area contributed by atoms with Gasteiger partial charge >= 0.3 is 17.8 Å². The van der Waals surface area contributed by atoms with Crippen LogP contribution in [0.2, 0.25) is 0 Å². The van der Waals surface area contributed by atoms with Crippen LogP contribution >= 0.6 is 0 Å². The molecular weight excluding hydrogens is 469 g/mol. The lowest BCUT2D eigenvalue weighted by Crippen LogP contribution is -2.44. The molecule has 0 fully saturated rings. The molecule has 2 aromatic rings. The fraction of sp³-hybridized carbons (Fsp3) is 0.565. The topological polar surface area (TPSA) is 95.7 Å². The number of carbonyl (C=O) groups excluding carboxylic acids is 1. The van der Waals surface area contributed by atoms with Crippen LogP contribution in [0.25, 0.3) is 0 Å². The smallest absolute Gasteiger partial charge is 0.389 e. The Morgan fingerprint density at radius 1 is 1.14 bits per heavy atom. The van der Waals surface area contributed by atoms with E-state index in [1.54, 1.807) is 38.1 Å². The third-order valence-electron chi connectivity index (χ3n) is 5.19. The van der Waals surface area contributed by atoms with Crippen LogP contribution < -0.4 is 20.9 Å². The van der Waals surface area contributed by atoms with Crippen molar-refractivity contribution in [2.24, 2.45) is 14.1 Å². The van der Waals surface area contributed by atoms with E-state index in [0.29, 0.717) is 12.2 Å². The van der Waals surface area contributed by atoms with Crippen LogP contribution in [0.4, 0.5) is 19.0 Å². The molecule has 0 aliphatic heterocycles. The summed E-state index contributed by atoms with van der Waals surface area (Å²) in [6.07, 6.45) is -5.15. The lowest BCUT2D eigenvalue weighted by atomic mass is 10.1. The predicted octanol–water partition coefficient (Wildman–Crippen LogP) is 2.59. The second kappa shape index (κ2) is 12.4. The molecule has 0 radical (unpaired) electrons. The van der Waals surface area contributed by atoms with Gasteiger partial charge in [0.05, 0.1) is 0 Å². The van der Waals surface area contributed by atoms with Crippen LogP contribution in [0.5, 0.6) is 5.75 Å². The van der Waals surface area contributed by atoms with Crippen LogP contribution in [0.15, 0.2) is 33.9 Å². The molecule has 194 valence electrons. The van der Waals surface area contributed by atoms with E-state index in [1.807, 2.05) is 0 Å². The Morgan fingerprint density at radius 2 is 1.80 bits per heavy atom. The largest absolute Gasteiger partial charge is 0.487 e. The van der Waals surface area contributed by atoms with E-state index in [1.165, 1.54) is 19.0 Å². The van der Waals surface area contributed by atoms with Gasteiger partial charge in [0.25, 0.3) is 5.56 Å². The maximum atomic E-state index is 12.7. The van der Waals surface area contributed by atoms with E-state index < -0.39 is 23.8 Å². The molecule has 0 saturated carbocycles. The summed E-state index contributed by atoms with van der Waals surface area (Å²) in [5.41, 5.74) is -0.422. The highest BCUT2D eigenvalue weighted by molar-refractivity contribution is 5.68. The van der Waals surface area contributed by atoms with Gasteiger partial charge in [0.1, 0.15) is 18.5 Å². The Bertz CT molecular complexity index is 1100. The Balaban J connectivity index is 2.08. The van der Waals surface area contributed by atoms with E-state index in [-0.39, 0.29) is 50.4 Å². The molecule has 1 aromatic carbocycles. The third kappa shape index (κ3) is 8.76. The third-order valence-corrected chi connectivity index (χ3v) is 5.19. The second-order valence-electron chi connectivity index (χ2n) is 8.16. The highest BCUT2D eigenvalue weighted by atomic mass is 19.4. The lowest BCUT2D eigenvalue weighted by molar-refractivity contribution is -0.145. The first-order valence-electron chi connectivity index (χ1n) is 11.3. The van der Waals surface area contributed by atoms with Crippen LogP contribution in [0.3, 0.4) is 0 Å². The van der Waals surface area contributed by atoms with Crippen molar-refractivity contribution < 1.29 is 27.4 Å². The average Bonchev–Trinajstić information content (AvgIpc) is 2.81. The molecule has 35 heavy (non-hydrogen) atoms. The van der Waals surface area contributed by atoms with Gasteiger partial charge in [-0.3, -0.25) is 14.2 Å². The van der Waals surface area contributed by atoms with E-state index in [4.69, 9.17) is 9.47 Å². The van der Waals surface area contributed by atoms with Crippen molar-refractivity contribution in [2.45, 2.75) is 51.8 Å². The van der Waals surface area contributed by atoms with Gasteiger partial charge in [-0.15, -0.1) is 5.10 Å². The number of benzene rings is 1. The summed E-state index contributed by atoms with van der Waals surface area (Å²) in [4.78, 5) is 37.3. The Labute approximate surface area is 201 Å². The quantitative estimate of drug-likeness (QED) is 0.414. The predicted molar refractivity (Wildman–Crippen MR) is 124 cm³/mol. The minimum Gasteiger partial charge on any atom is -0.487 e. The van der Waals surface area contributed by atoms with Gasteiger partial charge in [-0.1, -0.05) is 19.1 Å². The highest BCUT2D eigenvalue weighted by Crippen LogP contribution is 2.22. The number of aromatic nitrogens is 3. The van der Waals surface area contributed by atoms with E-state index in [2.05, 4.69) is 5.10 Å². The first-order valence-corrected chi connectivity index (χ1v) is 11.3. The monoisotopic (exact) mass is 500 g/mol. The summed E-state index contributed by atoms with van der Waals surface area (Å²) >= 11 is 0. The summed E-state index contributed by atoms with van der Waals surface area (Å²) in [5.74, 6) is 0.190. The van der Waals surface area contributed by atoms with Gasteiger partial charge in [-0.05, 0) is 37.5 Å². The molecule has 0 bridgehead atoms. The number of hydrogen-bond acceptors (Lipinski definition) is 7. The number of halogens is 3. The van der Waals surface area contributed by atoms with Crippen molar-refractivity contribution in [1.29, 1.82) is 0 Å². The Morgan fingerprint density at radius 3 is 2.40 bits per heavy atom. The molecule has 1 unspecified atom stereocenters. The molecule has 12 heteroatoms. The molecule has 2 rings (SSSR count). The van der Waals surface area contributed by atoms with Crippen LogP contribution in [0.1, 0.15) is 38.7 Å². The van der Waals surface area contributed by atoms with Crippen molar-refractivity contribution in [1.82, 2.24) is 14.3 Å². The van der Waals surface area contributed by atoms with Gasteiger partial charge in [-0.2, -0.15) is 13.2 Å². The number of anilines is 1. The zero-order chi connectivity index (χ0) is 26.2. The molecular formula is C23H31F3N4O5. The standard InChI is InChI=1S/C23H31F3N4O5/c1-5-19(31)34-15-16(2)35-18-9-7-17(8-10-18)11-14-30(13-6-12-23(24,25)26)20-21(32)28(3)22(33)29(4)27-20/h7-10,16H,5-6,11-15H2,1-4H3. The molecule has 0 spiro atoms. The normalized spacial score (nSPS) is 12.3. The van der Waals surface area contributed by atoms with Crippen LogP contribution in [-0.4, -0.2) is 52.3 Å². The van der Waals surface area contributed by atoms with Crippen molar-refractivity contribution >= 4 is 11.8 Å². The fourth-order valence-corrected chi connectivity index (χ4v) is 3.25. The number of aryl methyl sites for hydroxylation is 1. The number of carbonyl (C=O) groups is 1. The van der Waals surface area contributed by atoms with Crippen molar-refractivity contribution in [3.05, 3.63) is 50.7 Å². The van der Waals surface area contributed by atoms with E-state index >= 15 is 0 Å². The molecule has 0 amide bonds. The molecule has 0 aliphatic rings. The summed E-state index contributed by atoms with van der Waals surface area (Å²) in [6, 6.07) is 7.09. The highest BCUT2D eigenvalue weighted by Gasteiger charge is 2.27. The fourth-order valence-electron chi connectivity index (χ4n) is 3.25. The molecule has 9 nitrogen and oxygen atoms in total. The zero-order valence-electron chi connectivity index (χ0n) is 20.3. The first kappa shape index (κ1) is 27.9. The van der Waals surface area contributed by atoms with Gasteiger partial charge in [0.15, 0.2) is 0 Å². The maximum absolute atomic E-state index is 12.7. The number of rotatable bonds is 12. The minimum atomic E-state index is -4.31. The number of ether oxygens (including phenoxy) is 2. The van der Waals surface area contributed by atoms with Crippen molar-refractivity contribution in [3.63, 3.8) is 0 Å². The molecule has 1 aromatic heterocycles. The summed E-state index contributed by atoms with van der Waals surface area (Å²) < 4.78 is 50.6. The number of hydrogen-bond donors (Lipinski definition) is 0. The molecule has 0 N–H and O–H groups in total. The van der Waals surface area contributed by atoms with Crippen molar-refractivity contribution in [3.8, 4) is 5.75 Å². The Hall–Kier alpha value is -3.31. The summed E-state index contributed by atoms with van der Waals surface area (Å²) in [6.45, 7) is 3.78. The molecule has 1 atom stereocenters. The SMILES string of the molecule is CCC(=O)OCC(C)Oc1ccc(CCN(CCCC(F)(F)F)c2nn(C)c(=O)n(C)c2=O)cc1. The Kier molecular flexibility index (Phi) is 9.90. The van der Waals surface area contributed by atoms with Crippen LogP contribution in [-0.2, 0) is 30.0 Å². The van der Waals surface area contributed by atoms with E-state index in [9.17, 15) is 27.6 Å². The number of esters is 1. The second-order valence-corrected chi connectivity index (χ2v) is 8.16.